The maximum atomic E-state index is 13.9. The smallest absolute Gasteiger partial charge is 0.208 e. The van der Waals surface area contributed by atoms with Gasteiger partial charge < -0.3 is 0 Å². The highest BCUT2D eigenvalue weighted by Crippen LogP contribution is 2.54. The molecule has 0 aliphatic carbocycles. The molecule has 0 N–H and O–H groups in total. The molecule has 1 aliphatic heterocycles. The van der Waals surface area contributed by atoms with Gasteiger partial charge in [-0.1, -0.05) is 103 Å². The second-order valence-electron chi connectivity index (χ2n) is 7.73. The summed E-state index contributed by atoms with van der Waals surface area (Å²) < 4.78 is 27.8. The molecule has 0 amide bonds. The number of rotatable bonds is 2. The van der Waals surface area contributed by atoms with Crippen LogP contribution in [0.15, 0.2) is 119 Å². The van der Waals surface area contributed by atoms with Gasteiger partial charge in [-0.2, -0.15) is 0 Å². The molecule has 0 unspecified atom stereocenters. The van der Waals surface area contributed by atoms with Gasteiger partial charge in [-0.15, -0.1) is 0 Å². The number of fused-ring (bicyclic) bond motifs is 4. The molecule has 0 saturated heterocycles. The van der Waals surface area contributed by atoms with Crippen LogP contribution in [0.4, 0.5) is 0 Å². The van der Waals surface area contributed by atoms with Crippen molar-refractivity contribution in [1.29, 1.82) is 0 Å². The molecule has 0 fully saturated rings. The molecule has 5 aromatic carbocycles. The summed E-state index contributed by atoms with van der Waals surface area (Å²) in [7, 11) is -3.67. The van der Waals surface area contributed by atoms with E-state index < -0.39 is 9.84 Å². The van der Waals surface area contributed by atoms with Gasteiger partial charge in [0, 0.05) is 16.7 Å². The highest BCUT2D eigenvalue weighted by atomic mass is 32.2. The summed E-state index contributed by atoms with van der Waals surface area (Å²) in [6.45, 7) is 0. The predicted octanol–water partition coefficient (Wildman–Crippen LogP) is 6.99. The van der Waals surface area contributed by atoms with E-state index in [1.165, 1.54) is 0 Å². The van der Waals surface area contributed by atoms with Crippen molar-refractivity contribution < 1.29 is 8.42 Å². The Bertz CT molecular complexity index is 1570. The molecule has 148 valence electrons. The van der Waals surface area contributed by atoms with Crippen molar-refractivity contribution in [3.63, 3.8) is 0 Å². The molecule has 0 spiro atoms. The lowest BCUT2D eigenvalue weighted by Crippen LogP contribution is -2.01. The Morgan fingerprint density at radius 1 is 0.452 bits per heavy atom. The first-order valence-corrected chi connectivity index (χ1v) is 11.7. The largest absolute Gasteiger partial charge is 0.218 e. The SMILES string of the molecule is O=S1(=O)c2ccccc2-c2c1c(-c1ccccc1)c1ccccc1c2-c1ccccc1. The van der Waals surface area contributed by atoms with Crippen molar-refractivity contribution in [3.05, 3.63) is 109 Å². The molecule has 1 heterocycles. The van der Waals surface area contributed by atoms with E-state index in [0.29, 0.717) is 9.79 Å². The minimum absolute atomic E-state index is 0.384. The molecule has 0 radical (unpaired) electrons. The normalized spacial score (nSPS) is 13.7. The molecule has 0 aromatic heterocycles. The van der Waals surface area contributed by atoms with Crippen LogP contribution in [-0.4, -0.2) is 8.42 Å². The maximum Gasteiger partial charge on any atom is 0.208 e. The van der Waals surface area contributed by atoms with Gasteiger partial charge in [0.25, 0.3) is 0 Å². The van der Waals surface area contributed by atoms with Crippen molar-refractivity contribution in [2.75, 3.05) is 0 Å². The summed E-state index contributed by atoms with van der Waals surface area (Å²) in [5.41, 5.74) is 5.26. The number of sulfone groups is 1. The van der Waals surface area contributed by atoms with Crippen molar-refractivity contribution in [2.45, 2.75) is 9.79 Å². The highest BCUT2D eigenvalue weighted by Gasteiger charge is 2.38. The lowest BCUT2D eigenvalue weighted by Gasteiger charge is -2.18. The fourth-order valence-corrected chi connectivity index (χ4v) is 6.67. The molecule has 2 nitrogen and oxygen atoms in total. The first-order valence-electron chi connectivity index (χ1n) is 10.2. The fraction of sp³-hybridized carbons (Fsp3) is 0. The predicted molar refractivity (Wildman–Crippen MR) is 126 cm³/mol. The zero-order valence-corrected chi connectivity index (χ0v) is 17.4. The zero-order valence-electron chi connectivity index (χ0n) is 16.6. The van der Waals surface area contributed by atoms with E-state index in [4.69, 9.17) is 0 Å². The van der Waals surface area contributed by atoms with E-state index in [1.807, 2.05) is 78.9 Å². The van der Waals surface area contributed by atoms with Crippen LogP contribution in [0.25, 0.3) is 44.2 Å². The van der Waals surface area contributed by atoms with Crippen LogP contribution in [0.5, 0.6) is 0 Å². The van der Waals surface area contributed by atoms with Crippen LogP contribution in [0.1, 0.15) is 0 Å². The molecule has 6 rings (SSSR count). The summed E-state index contributed by atoms with van der Waals surface area (Å²) in [6, 6.07) is 35.4. The van der Waals surface area contributed by atoms with Gasteiger partial charge in [0.2, 0.25) is 9.84 Å². The van der Waals surface area contributed by atoms with Crippen LogP contribution in [0.2, 0.25) is 0 Å². The molecule has 1 aliphatic rings. The Morgan fingerprint density at radius 3 is 1.58 bits per heavy atom. The minimum Gasteiger partial charge on any atom is -0.218 e. The lowest BCUT2D eigenvalue weighted by atomic mass is 9.85. The van der Waals surface area contributed by atoms with Crippen molar-refractivity contribution in [2.24, 2.45) is 0 Å². The summed E-state index contributed by atoms with van der Waals surface area (Å²) in [5, 5.41) is 2.00. The quantitative estimate of drug-likeness (QED) is 0.304. The zero-order chi connectivity index (χ0) is 21.0. The van der Waals surface area contributed by atoms with Crippen LogP contribution >= 0.6 is 0 Å². The second-order valence-corrected chi connectivity index (χ2v) is 9.59. The summed E-state index contributed by atoms with van der Waals surface area (Å²) in [6.07, 6.45) is 0. The first kappa shape index (κ1) is 18.1. The highest BCUT2D eigenvalue weighted by molar-refractivity contribution is 7.92. The summed E-state index contributed by atoms with van der Waals surface area (Å²) in [4.78, 5) is 0.798. The Kier molecular flexibility index (Phi) is 3.89. The van der Waals surface area contributed by atoms with Crippen LogP contribution in [0, 0.1) is 0 Å². The molecule has 5 aromatic rings. The van der Waals surface area contributed by atoms with Gasteiger partial charge in [0.1, 0.15) is 0 Å². The third kappa shape index (κ3) is 2.54. The average Bonchev–Trinajstić information content (AvgIpc) is 3.06. The lowest BCUT2D eigenvalue weighted by molar-refractivity contribution is 0.599. The van der Waals surface area contributed by atoms with E-state index in [2.05, 4.69) is 18.2 Å². The van der Waals surface area contributed by atoms with Gasteiger partial charge in [-0.3, -0.25) is 0 Å². The Morgan fingerprint density at radius 2 is 0.935 bits per heavy atom. The molecular formula is C28H18O2S. The maximum absolute atomic E-state index is 13.9. The number of hydrogen-bond acceptors (Lipinski definition) is 2. The number of benzene rings is 5. The van der Waals surface area contributed by atoms with Gasteiger partial charge >= 0.3 is 0 Å². The number of hydrogen-bond donors (Lipinski definition) is 0. The Labute approximate surface area is 181 Å². The van der Waals surface area contributed by atoms with Crippen molar-refractivity contribution in [3.8, 4) is 33.4 Å². The summed E-state index contributed by atoms with van der Waals surface area (Å²) >= 11 is 0. The average molecular weight is 419 g/mol. The molecule has 0 bridgehead atoms. The van der Waals surface area contributed by atoms with Crippen molar-refractivity contribution >= 4 is 20.6 Å². The van der Waals surface area contributed by atoms with Gasteiger partial charge in [0.05, 0.1) is 9.79 Å². The summed E-state index contributed by atoms with van der Waals surface area (Å²) in [5.74, 6) is 0. The molecule has 0 atom stereocenters. The van der Waals surface area contributed by atoms with Crippen LogP contribution < -0.4 is 0 Å². The monoisotopic (exact) mass is 418 g/mol. The molecule has 31 heavy (non-hydrogen) atoms. The molecule has 0 saturated carbocycles. The fourth-order valence-electron chi connectivity index (χ4n) is 4.75. The third-order valence-corrected chi connectivity index (χ3v) is 7.89. The minimum atomic E-state index is -3.67. The van der Waals surface area contributed by atoms with Crippen LogP contribution in [0.3, 0.4) is 0 Å². The van der Waals surface area contributed by atoms with Gasteiger partial charge in [0.15, 0.2) is 0 Å². The van der Waals surface area contributed by atoms with Crippen LogP contribution in [-0.2, 0) is 9.84 Å². The van der Waals surface area contributed by atoms with Gasteiger partial charge in [-0.25, -0.2) is 8.42 Å². The molecular weight excluding hydrogens is 400 g/mol. The van der Waals surface area contributed by atoms with E-state index >= 15 is 0 Å². The van der Waals surface area contributed by atoms with E-state index in [0.717, 1.165) is 44.2 Å². The topological polar surface area (TPSA) is 34.1 Å². The molecule has 3 heteroatoms. The van der Waals surface area contributed by atoms with E-state index in [-0.39, 0.29) is 0 Å². The Balaban J connectivity index is 1.92. The standard InChI is InChI=1S/C28H18O2S/c29-31(30)24-18-10-9-17-23(24)27-25(19-11-3-1-4-12-19)21-15-7-8-16-22(21)26(28(27)31)20-13-5-2-6-14-20/h1-18H. The third-order valence-electron chi connectivity index (χ3n) is 6.01. The second kappa shape index (κ2) is 6.66. The van der Waals surface area contributed by atoms with Gasteiger partial charge in [-0.05, 0) is 33.5 Å². The van der Waals surface area contributed by atoms with E-state index in [9.17, 15) is 8.42 Å². The van der Waals surface area contributed by atoms with Crippen molar-refractivity contribution in [1.82, 2.24) is 0 Å². The Hall–Kier alpha value is -3.69. The first-order chi connectivity index (χ1) is 15.2. The van der Waals surface area contributed by atoms with E-state index in [1.54, 1.807) is 12.1 Å².